The van der Waals surface area contributed by atoms with Crippen LogP contribution in [-0.4, -0.2) is 37.2 Å². The van der Waals surface area contributed by atoms with Gasteiger partial charge in [-0.15, -0.1) is 0 Å². The average Bonchev–Trinajstić information content (AvgIpc) is 3.26. The van der Waals surface area contributed by atoms with Gasteiger partial charge in [-0.05, 0) is 44.9 Å². The SMILES string of the molecule is CCCCCCCCCC/C=C\CCCCCCCCCCCCCC(=O)OCC(COC(=O)CCCCCCCC)OC(=O)CCCCCCCCCCCCCCCC. The van der Waals surface area contributed by atoms with Gasteiger partial charge in [0.25, 0.3) is 0 Å². The van der Waals surface area contributed by atoms with Crippen molar-refractivity contribution in [2.75, 3.05) is 13.2 Å². The van der Waals surface area contributed by atoms with Gasteiger partial charge in [0, 0.05) is 19.3 Å². The fourth-order valence-electron chi connectivity index (χ4n) is 8.14. The monoisotopic (exact) mass is 861 g/mol. The normalized spacial score (nSPS) is 12.0. The van der Waals surface area contributed by atoms with Crippen molar-refractivity contribution in [2.24, 2.45) is 0 Å². The quantitative estimate of drug-likeness (QED) is 0.0262. The van der Waals surface area contributed by atoms with E-state index in [1.165, 1.54) is 205 Å². The zero-order valence-corrected chi connectivity index (χ0v) is 41.2. The van der Waals surface area contributed by atoms with Gasteiger partial charge < -0.3 is 14.2 Å². The predicted octanol–water partition coefficient (Wildman–Crippen LogP) is 17.8. The highest BCUT2D eigenvalue weighted by Crippen LogP contribution is 2.16. The summed E-state index contributed by atoms with van der Waals surface area (Å²) in [6.07, 6.45) is 56.6. The number of esters is 3. The fourth-order valence-corrected chi connectivity index (χ4v) is 8.14. The number of carbonyl (C=O) groups is 3. The van der Waals surface area contributed by atoms with Gasteiger partial charge in [-0.3, -0.25) is 14.4 Å². The second kappa shape index (κ2) is 50.8. The van der Waals surface area contributed by atoms with Crippen molar-refractivity contribution in [3.05, 3.63) is 12.2 Å². The first-order valence-electron chi connectivity index (χ1n) is 27.2. The molecule has 1 unspecified atom stereocenters. The van der Waals surface area contributed by atoms with E-state index in [-0.39, 0.29) is 31.1 Å². The van der Waals surface area contributed by atoms with Gasteiger partial charge in [0.15, 0.2) is 6.10 Å². The van der Waals surface area contributed by atoms with Crippen LogP contribution in [0, 0.1) is 0 Å². The Morgan fingerprint density at radius 1 is 0.311 bits per heavy atom. The van der Waals surface area contributed by atoms with Crippen LogP contribution in [0.25, 0.3) is 0 Å². The summed E-state index contributed by atoms with van der Waals surface area (Å²) in [7, 11) is 0. The molecule has 0 heterocycles. The molecule has 0 saturated carbocycles. The predicted molar refractivity (Wildman–Crippen MR) is 261 cm³/mol. The smallest absolute Gasteiger partial charge is 0.306 e. The Morgan fingerprint density at radius 2 is 0.541 bits per heavy atom. The highest BCUT2D eigenvalue weighted by Gasteiger charge is 2.19. The van der Waals surface area contributed by atoms with E-state index >= 15 is 0 Å². The van der Waals surface area contributed by atoms with Crippen LogP contribution in [0.15, 0.2) is 12.2 Å². The lowest BCUT2D eigenvalue weighted by Gasteiger charge is -2.18. The minimum atomic E-state index is -0.761. The molecule has 0 aliphatic heterocycles. The molecule has 0 fully saturated rings. The van der Waals surface area contributed by atoms with Crippen molar-refractivity contribution in [3.63, 3.8) is 0 Å². The lowest BCUT2D eigenvalue weighted by Crippen LogP contribution is -2.30. The molecule has 6 nitrogen and oxygen atoms in total. The summed E-state index contributed by atoms with van der Waals surface area (Å²) in [6, 6.07) is 0. The Morgan fingerprint density at radius 3 is 0.820 bits per heavy atom. The maximum absolute atomic E-state index is 12.7. The number of hydrogen-bond donors (Lipinski definition) is 0. The van der Waals surface area contributed by atoms with Gasteiger partial charge in [0.2, 0.25) is 0 Å². The van der Waals surface area contributed by atoms with Crippen LogP contribution in [-0.2, 0) is 28.6 Å². The van der Waals surface area contributed by atoms with Crippen LogP contribution >= 0.6 is 0 Å². The molecule has 0 amide bonds. The molecule has 0 radical (unpaired) electrons. The van der Waals surface area contributed by atoms with Crippen LogP contribution in [0.3, 0.4) is 0 Å². The van der Waals surface area contributed by atoms with Gasteiger partial charge in [-0.25, -0.2) is 0 Å². The number of carbonyl (C=O) groups excluding carboxylic acids is 3. The summed E-state index contributed by atoms with van der Waals surface area (Å²) >= 11 is 0. The van der Waals surface area contributed by atoms with Gasteiger partial charge in [0.1, 0.15) is 13.2 Å². The summed E-state index contributed by atoms with van der Waals surface area (Å²) in [6.45, 7) is 6.62. The molecule has 0 aliphatic carbocycles. The van der Waals surface area contributed by atoms with Crippen LogP contribution in [0.1, 0.15) is 303 Å². The van der Waals surface area contributed by atoms with Gasteiger partial charge in [-0.2, -0.15) is 0 Å². The molecular weight excluding hydrogens is 757 g/mol. The largest absolute Gasteiger partial charge is 0.462 e. The standard InChI is InChI=1S/C55H104O6/c1-4-7-10-13-16-18-20-22-24-25-26-27-28-29-30-31-32-34-35-37-39-42-45-48-54(57)60-51-52(50-59-53(56)47-44-41-15-12-9-6-3)61-55(58)49-46-43-40-38-36-33-23-21-19-17-14-11-8-5-2/h25-26,52H,4-24,27-51H2,1-3H3/b26-25-. The topological polar surface area (TPSA) is 78.9 Å². The lowest BCUT2D eigenvalue weighted by atomic mass is 10.0. The summed E-state index contributed by atoms with van der Waals surface area (Å²) in [5.41, 5.74) is 0. The lowest BCUT2D eigenvalue weighted by molar-refractivity contribution is -0.167. The van der Waals surface area contributed by atoms with Crippen LogP contribution < -0.4 is 0 Å². The Kier molecular flexibility index (Phi) is 49.3. The molecule has 0 aromatic heterocycles. The first kappa shape index (κ1) is 59.1. The van der Waals surface area contributed by atoms with Gasteiger partial charge in [0.05, 0.1) is 0 Å². The van der Waals surface area contributed by atoms with E-state index in [0.717, 1.165) is 57.8 Å². The van der Waals surface area contributed by atoms with Gasteiger partial charge >= 0.3 is 17.9 Å². The second-order valence-corrected chi connectivity index (χ2v) is 18.5. The summed E-state index contributed by atoms with van der Waals surface area (Å²) in [5, 5.41) is 0. The first-order valence-corrected chi connectivity index (χ1v) is 27.2. The second-order valence-electron chi connectivity index (χ2n) is 18.5. The first-order chi connectivity index (χ1) is 30.0. The van der Waals surface area contributed by atoms with E-state index in [1.807, 2.05) is 0 Å². The molecule has 0 spiro atoms. The van der Waals surface area contributed by atoms with Crippen LogP contribution in [0.2, 0.25) is 0 Å². The van der Waals surface area contributed by atoms with Crippen molar-refractivity contribution < 1.29 is 28.6 Å². The minimum absolute atomic E-state index is 0.0658. The van der Waals surface area contributed by atoms with Crippen molar-refractivity contribution in [1.29, 1.82) is 0 Å². The fraction of sp³-hybridized carbons (Fsp3) is 0.909. The highest BCUT2D eigenvalue weighted by molar-refractivity contribution is 5.71. The van der Waals surface area contributed by atoms with Crippen molar-refractivity contribution in [2.45, 2.75) is 309 Å². The van der Waals surface area contributed by atoms with E-state index in [4.69, 9.17) is 14.2 Å². The molecule has 0 bridgehead atoms. The number of rotatable bonds is 50. The summed E-state index contributed by atoms with van der Waals surface area (Å²) in [4.78, 5) is 37.7. The number of unbranched alkanes of at least 4 members (excludes halogenated alkanes) is 37. The van der Waals surface area contributed by atoms with Gasteiger partial charge in [-0.1, -0.05) is 251 Å². The minimum Gasteiger partial charge on any atom is -0.462 e. The molecule has 360 valence electrons. The summed E-state index contributed by atoms with van der Waals surface area (Å²) < 4.78 is 16.7. The zero-order chi connectivity index (χ0) is 44.4. The highest BCUT2D eigenvalue weighted by atomic mass is 16.6. The molecule has 0 aliphatic rings. The van der Waals surface area contributed by atoms with Crippen LogP contribution in [0.5, 0.6) is 0 Å². The Hall–Kier alpha value is -1.85. The molecule has 0 rings (SSSR count). The Balaban J connectivity index is 4.08. The Labute approximate surface area is 380 Å². The molecule has 1 atom stereocenters. The number of allylic oxidation sites excluding steroid dienone is 2. The van der Waals surface area contributed by atoms with E-state index < -0.39 is 6.10 Å². The van der Waals surface area contributed by atoms with Crippen LogP contribution in [0.4, 0.5) is 0 Å². The third-order valence-electron chi connectivity index (χ3n) is 12.3. The van der Waals surface area contributed by atoms with E-state index in [0.29, 0.717) is 19.3 Å². The maximum Gasteiger partial charge on any atom is 0.306 e. The molecule has 6 heteroatoms. The number of hydrogen-bond acceptors (Lipinski definition) is 6. The molecule has 61 heavy (non-hydrogen) atoms. The molecule has 0 N–H and O–H groups in total. The summed E-state index contributed by atoms with van der Waals surface area (Å²) in [5.74, 6) is -0.859. The third-order valence-corrected chi connectivity index (χ3v) is 12.3. The average molecular weight is 861 g/mol. The molecular formula is C55H104O6. The maximum atomic E-state index is 12.7. The van der Waals surface area contributed by atoms with E-state index in [1.54, 1.807) is 0 Å². The third kappa shape index (κ3) is 49.0. The van der Waals surface area contributed by atoms with E-state index in [9.17, 15) is 14.4 Å². The zero-order valence-electron chi connectivity index (χ0n) is 41.2. The van der Waals surface area contributed by atoms with Crippen molar-refractivity contribution >= 4 is 17.9 Å². The van der Waals surface area contributed by atoms with Crippen molar-refractivity contribution in [1.82, 2.24) is 0 Å². The Bertz CT molecular complexity index is 947. The molecule has 0 aromatic rings. The molecule has 0 aromatic carbocycles. The number of ether oxygens (including phenoxy) is 3. The van der Waals surface area contributed by atoms with Crippen molar-refractivity contribution in [3.8, 4) is 0 Å². The van der Waals surface area contributed by atoms with E-state index in [2.05, 4.69) is 32.9 Å². The molecule has 0 saturated heterocycles.